The second-order valence-electron chi connectivity index (χ2n) is 3.96. The maximum atomic E-state index is 5.43. The molecule has 0 heterocycles. The highest BCUT2D eigenvalue weighted by Crippen LogP contribution is 2.05. The molecule has 0 bridgehead atoms. The summed E-state index contributed by atoms with van der Waals surface area (Å²) in [6.07, 6.45) is 16.5. The van der Waals surface area contributed by atoms with Gasteiger partial charge in [0, 0.05) is 0 Å². The first kappa shape index (κ1) is 13.7. The Morgan fingerprint density at radius 3 is 2.00 bits per heavy atom. The molecule has 84 valence electrons. The molecule has 0 unspecified atom stereocenters. The number of nitrogens with two attached hydrogens (primary N) is 1. The van der Waals surface area contributed by atoms with Crippen LogP contribution in [0.2, 0.25) is 0 Å². The minimum Gasteiger partial charge on any atom is -0.330 e. The van der Waals surface area contributed by atoms with Crippen molar-refractivity contribution in [3.05, 3.63) is 12.2 Å². The molecule has 2 N–H and O–H groups in total. The lowest BCUT2D eigenvalue weighted by Gasteiger charge is -1.97. The summed E-state index contributed by atoms with van der Waals surface area (Å²) in [5.74, 6) is 0. The van der Waals surface area contributed by atoms with E-state index in [1.807, 2.05) is 0 Å². The van der Waals surface area contributed by atoms with Crippen LogP contribution in [0.5, 0.6) is 0 Å². The predicted octanol–water partition coefficient (Wildman–Crippen LogP) is 4.03. The summed E-state index contributed by atoms with van der Waals surface area (Å²) in [5.41, 5.74) is 5.43. The molecule has 0 radical (unpaired) electrons. The van der Waals surface area contributed by atoms with Crippen LogP contribution in [0, 0.1) is 0 Å². The summed E-state index contributed by atoms with van der Waals surface area (Å²) < 4.78 is 0. The highest BCUT2D eigenvalue weighted by atomic mass is 14.5. The average Bonchev–Trinajstić information content (AvgIpc) is 2.21. The molecule has 0 saturated carbocycles. The fourth-order valence-electron chi connectivity index (χ4n) is 1.49. The predicted molar refractivity (Wildman–Crippen MR) is 65.4 cm³/mol. The van der Waals surface area contributed by atoms with Gasteiger partial charge in [0.1, 0.15) is 0 Å². The molecule has 0 spiro atoms. The second kappa shape index (κ2) is 12.7. The molecule has 0 aliphatic heterocycles. The van der Waals surface area contributed by atoms with Gasteiger partial charge in [-0.15, -0.1) is 0 Å². The summed E-state index contributed by atoms with van der Waals surface area (Å²) in [4.78, 5) is 0. The Labute approximate surface area is 89.8 Å². The maximum absolute atomic E-state index is 5.43. The summed E-state index contributed by atoms with van der Waals surface area (Å²) in [5, 5.41) is 0. The minimum atomic E-state index is 0.858. The van der Waals surface area contributed by atoms with Crippen LogP contribution in [0.1, 0.15) is 64.7 Å². The molecular formula is C13H27N. The highest BCUT2D eigenvalue weighted by Gasteiger charge is 1.87. The highest BCUT2D eigenvalue weighted by molar-refractivity contribution is 4.80. The molecule has 0 rings (SSSR count). The Morgan fingerprint density at radius 1 is 0.786 bits per heavy atom. The van der Waals surface area contributed by atoms with Gasteiger partial charge < -0.3 is 5.73 Å². The first-order valence-corrected chi connectivity index (χ1v) is 6.27. The zero-order valence-corrected chi connectivity index (χ0v) is 9.80. The van der Waals surface area contributed by atoms with Crippen LogP contribution in [0.15, 0.2) is 12.2 Å². The van der Waals surface area contributed by atoms with Gasteiger partial charge in [-0.25, -0.2) is 0 Å². The van der Waals surface area contributed by atoms with Crippen molar-refractivity contribution in [2.75, 3.05) is 6.54 Å². The van der Waals surface area contributed by atoms with Gasteiger partial charge in [0.05, 0.1) is 0 Å². The van der Waals surface area contributed by atoms with Crippen LogP contribution in [0.3, 0.4) is 0 Å². The molecule has 0 aliphatic rings. The molecule has 0 amide bonds. The van der Waals surface area contributed by atoms with Crippen LogP contribution in [-0.2, 0) is 0 Å². The van der Waals surface area contributed by atoms with Gasteiger partial charge in [0.15, 0.2) is 0 Å². The molecule has 0 aromatic carbocycles. The van der Waals surface area contributed by atoms with E-state index in [4.69, 9.17) is 5.73 Å². The van der Waals surface area contributed by atoms with E-state index in [9.17, 15) is 0 Å². The standard InChI is InChI=1S/C13H27N/c1-2-3-4-5-6-7-8-9-10-11-12-13-14/h5-6H,2-4,7-14H2,1H3/b6-5-. The smallest absolute Gasteiger partial charge is 0.00773 e. The molecule has 0 fully saturated rings. The lowest BCUT2D eigenvalue weighted by Crippen LogP contribution is -1.97. The van der Waals surface area contributed by atoms with Crippen molar-refractivity contribution in [3.63, 3.8) is 0 Å². The van der Waals surface area contributed by atoms with Crippen molar-refractivity contribution in [1.82, 2.24) is 0 Å². The summed E-state index contributed by atoms with van der Waals surface area (Å²) in [6, 6.07) is 0. The van der Waals surface area contributed by atoms with Gasteiger partial charge in [-0.2, -0.15) is 0 Å². The van der Waals surface area contributed by atoms with E-state index in [1.165, 1.54) is 57.8 Å². The molecule has 0 aromatic rings. The Kier molecular flexibility index (Phi) is 12.4. The summed E-state index contributed by atoms with van der Waals surface area (Å²) >= 11 is 0. The summed E-state index contributed by atoms with van der Waals surface area (Å²) in [6.45, 7) is 3.10. The van der Waals surface area contributed by atoms with E-state index < -0.39 is 0 Å². The van der Waals surface area contributed by atoms with Crippen LogP contribution in [-0.4, -0.2) is 6.54 Å². The quantitative estimate of drug-likeness (QED) is 0.415. The van der Waals surface area contributed by atoms with Gasteiger partial charge in [0.2, 0.25) is 0 Å². The number of rotatable bonds is 10. The van der Waals surface area contributed by atoms with E-state index in [-0.39, 0.29) is 0 Å². The van der Waals surface area contributed by atoms with Crippen molar-refractivity contribution < 1.29 is 0 Å². The molecule has 1 heteroatoms. The zero-order chi connectivity index (χ0) is 10.5. The fraction of sp³-hybridized carbons (Fsp3) is 0.846. The molecule has 0 saturated heterocycles. The Hall–Kier alpha value is -0.300. The number of hydrogen-bond donors (Lipinski definition) is 1. The maximum Gasteiger partial charge on any atom is -0.00773 e. The van der Waals surface area contributed by atoms with Crippen LogP contribution >= 0.6 is 0 Å². The van der Waals surface area contributed by atoms with E-state index in [0.29, 0.717) is 0 Å². The average molecular weight is 197 g/mol. The van der Waals surface area contributed by atoms with Gasteiger partial charge in [-0.1, -0.05) is 51.2 Å². The first-order chi connectivity index (χ1) is 6.91. The molecule has 0 aliphatic carbocycles. The number of unbranched alkanes of at least 4 members (excludes halogenated alkanes) is 7. The fourth-order valence-corrected chi connectivity index (χ4v) is 1.49. The summed E-state index contributed by atoms with van der Waals surface area (Å²) in [7, 11) is 0. The zero-order valence-electron chi connectivity index (χ0n) is 9.80. The molecule has 0 aromatic heterocycles. The van der Waals surface area contributed by atoms with Crippen molar-refractivity contribution in [2.45, 2.75) is 64.7 Å². The largest absolute Gasteiger partial charge is 0.330 e. The van der Waals surface area contributed by atoms with Gasteiger partial charge in [0.25, 0.3) is 0 Å². The Balaban J connectivity index is 2.94. The van der Waals surface area contributed by atoms with Crippen LogP contribution in [0.25, 0.3) is 0 Å². The first-order valence-electron chi connectivity index (χ1n) is 6.27. The van der Waals surface area contributed by atoms with Gasteiger partial charge in [-0.3, -0.25) is 0 Å². The normalized spacial score (nSPS) is 11.3. The third-order valence-corrected chi connectivity index (χ3v) is 2.47. The van der Waals surface area contributed by atoms with Crippen molar-refractivity contribution in [1.29, 1.82) is 0 Å². The SMILES string of the molecule is CCCC/C=C\CCCCCCCN. The number of allylic oxidation sites excluding steroid dienone is 2. The third kappa shape index (κ3) is 11.7. The van der Waals surface area contributed by atoms with E-state index in [2.05, 4.69) is 19.1 Å². The molecule has 14 heavy (non-hydrogen) atoms. The monoisotopic (exact) mass is 197 g/mol. The lowest BCUT2D eigenvalue weighted by atomic mass is 10.1. The van der Waals surface area contributed by atoms with E-state index in [0.717, 1.165) is 6.54 Å². The van der Waals surface area contributed by atoms with Gasteiger partial charge >= 0.3 is 0 Å². The van der Waals surface area contributed by atoms with E-state index in [1.54, 1.807) is 0 Å². The minimum absolute atomic E-state index is 0.858. The molecule has 0 atom stereocenters. The van der Waals surface area contributed by atoms with Gasteiger partial charge in [-0.05, 0) is 32.2 Å². The van der Waals surface area contributed by atoms with Crippen molar-refractivity contribution >= 4 is 0 Å². The van der Waals surface area contributed by atoms with Crippen LogP contribution < -0.4 is 5.73 Å². The topological polar surface area (TPSA) is 26.0 Å². The molecular weight excluding hydrogens is 170 g/mol. The van der Waals surface area contributed by atoms with Crippen molar-refractivity contribution in [3.8, 4) is 0 Å². The van der Waals surface area contributed by atoms with E-state index >= 15 is 0 Å². The van der Waals surface area contributed by atoms with Crippen LogP contribution in [0.4, 0.5) is 0 Å². The Morgan fingerprint density at radius 2 is 1.36 bits per heavy atom. The Bertz CT molecular complexity index is 118. The third-order valence-electron chi connectivity index (χ3n) is 2.47. The second-order valence-corrected chi connectivity index (χ2v) is 3.96. The van der Waals surface area contributed by atoms with Crippen molar-refractivity contribution in [2.24, 2.45) is 5.73 Å². The number of hydrogen-bond acceptors (Lipinski definition) is 1. The lowest BCUT2D eigenvalue weighted by molar-refractivity contribution is 0.622. The molecule has 1 nitrogen and oxygen atoms in total.